The summed E-state index contributed by atoms with van der Waals surface area (Å²) in [5, 5.41) is 0. The fraction of sp³-hybridized carbons (Fsp3) is 0.600. The van der Waals surface area contributed by atoms with Gasteiger partial charge in [0.05, 0.1) is 25.4 Å². The third-order valence-electron chi connectivity index (χ3n) is 2.95. The van der Waals surface area contributed by atoms with E-state index in [1.807, 2.05) is 13.8 Å². The highest BCUT2D eigenvalue weighted by atomic mass is 16.5. The number of hydrogen-bond donors (Lipinski definition) is 1. The summed E-state index contributed by atoms with van der Waals surface area (Å²) in [6, 6.07) is 6.27. The Bertz CT molecular complexity index is 366. The van der Waals surface area contributed by atoms with Crippen LogP contribution in [0.3, 0.4) is 0 Å². The molecule has 0 aliphatic carbocycles. The van der Waals surface area contributed by atoms with Crippen LogP contribution >= 0.6 is 0 Å². The molecule has 0 bridgehead atoms. The van der Waals surface area contributed by atoms with Crippen molar-refractivity contribution in [3.8, 4) is 0 Å². The van der Waals surface area contributed by atoms with Gasteiger partial charge in [-0.3, -0.25) is 0 Å². The van der Waals surface area contributed by atoms with E-state index in [0.717, 1.165) is 6.61 Å². The molecule has 0 aliphatic heterocycles. The molecule has 0 saturated carbocycles. The van der Waals surface area contributed by atoms with Gasteiger partial charge in [-0.05, 0) is 38.8 Å². The molecule has 1 aromatic carbocycles. The van der Waals surface area contributed by atoms with E-state index in [-0.39, 0.29) is 12.1 Å². The van der Waals surface area contributed by atoms with Crippen LogP contribution in [0.5, 0.6) is 0 Å². The second kappa shape index (κ2) is 7.52. The van der Waals surface area contributed by atoms with Gasteiger partial charge in [-0.25, -0.2) is 0 Å². The lowest BCUT2D eigenvalue weighted by Crippen LogP contribution is -2.24. The monoisotopic (exact) mass is 251 g/mol. The summed E-state index contributed by atoms with van der Waals surface area (Å²) in [6.45, 7) is 10.0. The van der Waals surface area contributed by atoms with Crippen molar-refractivity contribution in [2.75, 3.05) is 19.8 Å². The zero-order valence-electron chi connectivity index (χ0n) is 11.9. The van der Waals surface area contributed by atoms with Crippen molar-refractivity contribution in [1.82, 2.24) is 0 Å². The van der Waals surface area contributed by atoms with Crippen molar-refractivity contribution in [3.63, 3.8) is 0 Å². The molecule has 1 rings (SSSR count). The number of rotatable bonds is 7. The van der Waals surface area contributed by atoms with Crippen LogP contribution in [0.15, 0.2) is 18.2 Å². The number of ether oxygens (including phenoxy) is 2. The first-order chi connectivity index (χ1) is 8.54. The summed E-state index contributed by atoms with van der Waals surface area (Å²) in [5.41, 5.74) is 9.79. The second-order valence-electron chi connectivity index (χ2n) is 4.77. The molecule has 0 saturated heterocycles. The molecule has 0 aliphatic rings. The Kier molecular flexibility index (Phi) is 6.33. The van der Waals surface area contributed by atoms with E-state index >= 15 is 0 Å². The van der Waals surface area contributed by atoms with Gasteiger partial charge < -0.3 is 15.2 Å². The molecule has 1 aromatic rings. The van der Waals surface area contributed by atoms with Gasteiger partial charge in [0, 0.05) is 6.61 Å². The van der Waals surface area contributed by atoms with Crippen molar-refractivity contribution < 1.29 is 9.47 Å². The molecule has 2 N–H and O–H groups in total. The van der Waals surface area contributed by atoms with Gasteiger partial charge in [-0.15, -0.1) is 0 Å². The predicted octanol–water partition coefficient (Wildman–Crippen LogP) is 2.74. The first kappa shape index (κ1) is 15.2. The average molecular weight is 251 g/mol. The molecule has 3 heteroatoms. The Morgan fingerprint density at radius 1 is 1.22 bits per heavy atom. The Morgan fingerprint density at radius 3 is 2.61 bits per heavy atom. The molecule has 0 heterocycles. The van der Waals surface area contributed by atoms with Crippen molar-refractivity contribution in [2.24, 2.45) is 5.73 Å². The van der Waals surface area contributed by atoms with E-state index in [1.165, 1.54) is 16.7 Å². The van der Waals surface area contributed by atoms with Crippen LogP contribution in [0, 0.1) is 13.8 Å². The Labute approximate surface area is 110 Å². The maximum atomic E-state index is 6.18. The first-order valence-electron chi connectivity index (χ1n) is 6.56. The summed E-state index contributed by atoms with van der Waals surface area (Å²) >= 11 is 0. The summed E-state index contributed by atoms with van der Waals surface area (Å²) in [5.74, 6) is 0. The Hall–Kier alpha value is -0.900. The summed E-state index contributed by atoms with van der Waals surface area (Å²) in [7, 11) is 0. The van der Waals surface area contributed by atoms with E-state index in [4.69, 9.17) is 15.2 Å². The zero-order chi connectivity index (χ0) is 13.5. The first-order valence-corrected chi connectivity index (χ1v) is 6.56. The largest absolute Gasteiger partial charge is 0.379 e. The standard InChI is InChI=1S/C15H25NO2/c1-5-17-9-13(4)18-10-15(16)14-8-11(2)6-7-12(14)3/h6-8,13,15H,5,9-10,16H2,1-4H3. The van der Waals surface area contributed by atoms with Crippen LogP contribution in [0.25, 0.3) is 0 Å². The lowest BCUT2D eigenvalue weighted by Gasteiger charge is -2.19. The molecule has 0 radical (unpaired) electrons. The molecular weight excluding hydrogens is 226 g/mol. The van der Waals surface area contributed by atoms with Crippen LogP contribution in [-0.4, -0.2) is 25.9 Å². The van der Waals surface area contributed by atoms with E-state index in [2.05, 4.69) is 32.0 Å². The fourth-order valence-electron chi connectivity index (χ4n) is 1.85. The number of aryl methyl sites for hydroxylation is 2. The van der Waals surface area contributed by atoms with Crippen molar-refractivity contribution in [3.05, 3.63) is 34.9 Å². The van der Waals surface area contributed by atoms with Crippen LogP contribution in [0.4, 0.5) is 0 Å². The van der Waals surface area contributed by atoms with Crippen LogP contribution < -0.4 is 5.73 Å². The fourth-order valence-corrected chi connectivity index (χ4v) is 1.85. The minimum Gasteiger partial charge on any atom is -0.379 e. The molecule has 102 valence electrons. The molecule has 0 amide bonds. The lowest BCUT2D eigenvalue weighted by molar-refractivity contribution is -0.00840. The van der Waals surface area contributed by atoms with Gasteiger partial charge in [0.25, 0.3) is 0 Å². The smallest absolute Gasteiger partial charge is 0.0781 e. The number of nitrogens with two attached hydrogens (primary N) is 1. The average Bonchev–Trinajstić information content (AvgIpc) is 2.36. The molecular formula is C15H25NO2. The van der Waals surface area contributed by atoms with Gasteiger partial charge in [0.2, 0.25) is 0 Å². The van der Waals surface area contributed by atoms with Gasteiger partial charge in [0.1, 0.15) is 0 Å². The van der Waals surface area contributed by atoms with Crippen molar-refractivity contribution >= 4 is 0 Å². The highest BCUT2D eigenvalue weighted by Crippen LogP contribution is 2.18. The van der Waals surface area contributed by atoms with Gasteiger partial charge >= 0.3 is 0 Å². The third-order valence-corrected chi connectivity index (χ3v) is 2.95. The Balaban J connectivity index is 2.49. The van der Waals surface area contributed by atoms with Crippen LogP contribution in [0.1, 0.15) is 36.6 Å². The van der Waals surface area contributed by atoms with Gasteiger partial charge in [0.15, 0.2) is 0 Å². The summed E-state index contributed by atoms with van der Waals surface area (Å²) < 4.78 is 11.0. The quantitative estimate of drug-likeness (QED) is 0.810. The Morgan fingerprint density at radius 2 is 1.94 bits per heavy atom. The number of benzene rings is 1. The third kappa shape index (κ3) is 4.77. The normalized spacial score (nSPS) is 14.5. The predicted molar refractivity (Wildman–Crippen MR) is 74.8 cm³/mol. The van der Waals surface area contributed by atoms with Gasteiger partial charge in [-0.2, -0.15) is 0 Å². The molecule has 2 atom stereocenters. The van der Waals surface area contributed by atoms with E-state index in [9.17, 15) is 0 Å². The SMILES string of the molecule is CCOCC(C)OCC(N)c1cc(C)ccc1C. The molecule has 2 unspecified atom stereocenters. The summed E-state index contributed by atoms with van der Waals surface area (Å²) in [4.78, 5) is 0. The van der Waals surface area contributed by atoms with Crippen molar-refractivity contribution in [1.29, 1.82) is 0 Å². The molecule has 0 spiro atoms. The van der Waals surface area contributed by atoms with Gasteiger partial charge in [-0.1, -0.05) is 23.8 Å². The van der Waals surface area contributed by atoms with Crippen LogP contribution in [0.2, 0.25) is 0 Å². The second-order valence-corrected chi connectivity index (χ2v) is 4.77. The maximum Gasteiger partial charge on any atom is 0.0781 e. The van der Waals surface area contributed by atoms with E-state index < -0.39 is 0 Å². The minimum absolute atomic E-state index is 0.0750. The molecule has 0 aromatic heterocycles. The maximum absolute atomic E-state index is 6.18. The molecule has 3 nitrogen and oxygen atoms in total. The topological polar surface area (TPSA) is 44.5 Å². The minimum atomic E-state index is -0.0750. The summed E-state index contributed by atoms with van der Waals surface area (Å²) in [6.07, 6.45) is 0.0844. The molecule has 18 heavy (non-hydrogen) atoms. The van der Waals surface area contributed by atoms with Crippen molar-refractivity contribution in [2.45, 2.75) is 39.8 Å². The van der Waals surface area contributed by atoms with Crippen LogP contribution in [-0.2, 0) is 9.47 Å². The zero-order valence-corrected chi connectivity index (χ0v) is 11.9. The molecule has 0 fully saturated rings. The highest BCUT2D eigenvalue weighted by Gasteiger charge is 2.11. The highest BCUT2D eigenvalue weighted by molar-refractivity contribution is 5.32. The van der Waals surface area contributed by atoms with E-state index in [1.54, 1.807) is 0 Å². The van der Waals surface area contributed by atoms with E-state index in [0.29, 0.717) is 13.2 Å². The lowest BCUT2D eigenvalue weighted by atomic mass is 10.00. The number of hydrogen-bond acceptors (Lipinski definition) is 3.